The maximum Gasteiger partial charge on any atom is 0.271 e. The molecule has 1 aliphatic carbocycles. The van der Waals surface area contributed by atoms with Crippen LogP contribution in [0.3, 0.4) is 0 Å². The van der Waals surface area contributed by atoms with Crippen LogP contribution in [-0.4, -0.2) is 53.3 Å². The van der Waals surface area contributed by atoms with Gasteiger partial charge in [-0.05, 0) is 44.9 Å². The third-order valence-corrected chi connectivity index (χ3v) is 7.71. The van der Waals surface area contributed by atoms with E-state index >= 15 is 0 Å². The molecule has 1 unspecified atom stereocenters. The topological polar surface area (TPSA) is 91.4 Å². The van der Waals surface area contributed by atoms with E-state index in [4.69, 9.17) is 0 Å². The summed E-state index contributed by atoms with van der Waals surface area (Å²) < 4.78 is 0. The number of thiazole rings is 1. The van der Waals surface area contributed by atoms with E-state index in [1.54, 1.807) is 5.38 Å². The van der Waals surface area contributed by atoms with Crippen molar-refractivity contribution in [1.82, 2.24) is 20.5 Å². The first-order valence-corrected chi connectivity index (χ1v) is 12.3. The van der Waals surface area contributed by atoms with Crippen molar-refractivity contribution < 1.29 is 14.4 Å². The number of hydrogen-bond acceptors (Lipinski definition) is 5. The van der Waals surface area contributed by atoms with Crippen LogP contribution in [0.1, 0.15) is 85.6 Å². The molecule has 0 radical (unpaired) electrons. The van der Waals surface area contributed by atoms with Crippen molar-refractivity contribution in [2.24, 2.45) is 5.92 Å². The van der Waals surface area contributed by atoms with Crippen LogP contribution in [0, 0.1) is 5.92 Å². The number of aromatic nitrogens is 1. The van der Waals surface area contributed by atoms with E-state index in [2.05, 4.69) is 15.6 Å². The number of amides is 3. The van der Waals surface area contributed by atoms with E-state index in [1.165, 1.54) is 30.6 Å². The van der Waals surface area contributed by atoms with Crippen molar-refractivity contribution in [3.8, 4) is 0 Å². The normalized spacial score (nSPS) is 24.2. The smallest absolute Gasteiger partial charge is 0.271 e. The summed E-state index contributed by atoms with van der Waals surface area (Å²) in [5, 5.41) is 8.44. The summed E-state index contributed by atoms with van der Waals surface area (Å²) in [5.74, 6) is 0.490. The van der Waals surface area contributed by atoms with E-state index in [0.29, 0.717) is 30.5 Å². The van der Waals surface area contributed by atoms with Crippen LogP contribution in [0.5, 0.6) is 0 Å². The molecule has 3 fully saturated rings. The molecule has 0 aromatic carbocycles. The van der Waals surface area contributed by atoms with Crippen LogP contribution in [-0.2, 0) is 9.59 Å². The molecule has 7 nitrogen and oxygen atoms in total. The van der Waals surface area contributed by atoms with Gasteiger partial charge in [-0.15, -0.1) is 11.3 Å². The van der Waals surface area contributed by atoms with Crippen LogP contribution >= 0.6 is 11.3 Å². The van der Waals surface area contributed by atoms with Crippen molar-refractivity contribution in [3.05, 3.63) is 16.1 Å². The Kier molecular flexibility index (Phi) is 7.02. The molecule has 3 amide bonds. The molecule has 2 N–H and O–H groups in total. The molecule has 30 heavy (non-hydrogen) atoms. The Bertz CT molecular complexity index is 766. The lowest BCUT2D eigenvalue weighted by molar-refractivity contribution is -0.137. The Morgan fingerprint density at radius 1 is 1.03 bits per heavy atom. The average molecular weight is 433 g/mol. The lowest BCUT2D eigenvalue weighted by Gasteiger charge is -2.34. The van der Waals surface area contributed by atoms with Crippen LogP contribution < -0.4 is 10.6 Å². The van der Waals surface area contributed by atoms with Gasteiger partial charge in [0.05, 0.1) is 5.01 Å². The third kappa shape index (κ3) is 5.02. The van der Waals surface area contributed by atoms with E-state index in [0.717, 1.165) is 56.6 Å². The summed E-state index contributed by atoms with van der Waals surface area (Å²) in [7, 11) is 0. The average Bonchev–Trinajstić information content (AvgIpc) is 3.20. The fraction of sp³-hybridized carbons (Fsp3) is 0.727. The molecule has 1 aromatic heterocycles. The van der Waals surface area contributed by atoms with Gasteiger partial charge in [-0.2, -0.15) is 0 Å². The molecule has 3 heterocycles. The zero-order valence-corrected chi connectivity index (χ0v) is 18.3. The summed E-state index contributed by atoms with van der Waals surface area (Å²) in [6, 6.07) is -0.473. The number of hydrogen-bond donors (Lipinski definition) is 2. The van der Waals surface area contributed by atoms with E-state index in [-0.39, 0.29) is 17.7 Å². The minimum absolute atomic E-state index is 0.105. The lowest BCUT2D eigenvalue weighted by atomic mass is 9.87. The van der Waals surface area contributed by atoms with E-state index in [1.807, 2.05) is 4.90 Å². The van der Waals surface area contributed by atoms with E-state index in [9.17, 15) is 14.4 Å². The zero-order valence-electron chi connectivity index (χ0n) is 17.5. The fourth-order valence-electron chi connectivity index (χ4n) is 4.84. The highest BCUT2D eigenvalue weighted by atomic mass is 32.1. The van der Waals surface area contributed by atoms with Crippen molar-refractivity contribution >= 4 is 29.1 Å². The summed E-state index contributed by atoms with van der Waals surface area (Å²) in [6.45, 7) is 2.24. The summed E-state index contributed by atoms with van der Waals surface area (Å²) in [4.78, 5) is 44.0. The van der Waals surface area contributed by atoms with Gasteiger partial charge in [0.25, 0.3) is 5.91 Å². The van der Waals surface area contributed by atoms with Gasteiger partial charge in [0.1, 0.15) is 11.7 Å². The van der Waals surface area contributed by atoms with Crippen LogP contribution in [0.15, 0.2) is 5.38 Å². The minimum Gasteiger partial charge on any atom is -0.354 e. The summed E-state index contributed by atoms with van der Waals surface area (Å²) in [6.07, 6.45) is 10.0. The minimum atomic E-state index is -0.473. The molecular weight excluding hydrogens is 400 g/mol. The Morgan fingerprint density at radius 3 is 2.53 bits per heavy atom. The van der Waals surface area contributed by atoms with Crippen LogP contribution in [0.25, 0.3) is 0 Å². The Labute approximate surface area is 182 Å². The van der Waals surface area contributed by atoms with Gasteiger partial charge >= 0.3 is 0 Å². The molecule has 1 aromatic rings. The highest BCUT2D eigenvalue weighted by molar-refractivity contribution is 7.09. The van der Waals surface area contributed by atoms with Gasteiger partial charge in [-0.25, -0.2) is 4.98 Å². The van der Waals surface area contributed by atoms with Gasteiger partial charge in [-0.1, -0.05) is 19.3 Å². The number of carbonyl (C=O) groups is 3. The number of nitrogens with one attached hydrogen (secondary N) is 2. The summed E-state index contributed by atoms with van der Waals surface area (Å²) >= 11 is 1.51. The largest absolute Gasteiger partial charge is 0.354 e. The Balaban J connectivity index is 1.29. The van der Waals surface area contributed by atoms with Gasteiger partial charge in [0.15, 0.2) is 0 Å². The quantitative estimate of drug-likeness (QED) is 0.765. The maximum absolute atomic E-state index is 12.8. The molecule has 0 spiro atoms. The lowest BCUT2D eigenvalue weighted by Crippen LogP contribution is -2.45. The monoisotopic (exact) mass is 432 g/mol. The van der Waals surface area contributed by atoms with Gasteiger partial charge in [0.2, 0.25) is 11.8 Å². The molecule has 2 saturated heterocycles. The first-order chi connectivity index (χ1) is 14.6. The molecule has 3 aliphatic rings. The second-order valence-corrected chi connectivity index (χ2v) is 9.71. The standard InChI is InChI=1S/C22H32N4O3S/c27-19-17(8-4-5-11-23-19)24-20(28)18-14-30-21(25-18)15-9-12-26(13-10-15)22(29)16-6-2-1-3-7-16/h14-17H,1-13H2,(H,23,27)(H,24,28). The number of piperidine rings is 1. The van der Waals surface area contributed by atoms with Crippen molar-refractivity contribution in [2.45, 2.75) is 76.2 Å². The molecule has 1 saturated carbocycles. The first kappa shape index (κ1) is 21.3. The van der Waals surface area contributed by atoms with Crippen LogP contribution in [0.2, 0.25) is 0 Å². The first-order valence-electron chi connectivity index (χ1n) is 11.4. The Hall–Kier alpha value is -1.96. The second kappa shape index (κ2) is 9.90. The molecule has 2 aliphatic heterocycles. The third-order valence-electron chi connectivity index (χ3n) is 6.71. The molecule has 4 rings (SSSR count). The van der Waals surface area contributed by atoms with Crippen molar-refractivity contribution in [1.29, 1.82) is 0 Å². The molecule has 0 bridgehead atoms. The van der Waals surface area contributed by atoms with Crippen molar-refractivity contribution in [3.63, 3.8) is 0 Å². The van der Waals surface area contributed by atoms with E-state index < -0.39 is 6.04 Å². The van der Waals surface area contributed by atoms with Gasteiger partial charge in [-0.3, -0.25) is 14.4 Å². The summed E-state index contributed by atoms with van der Waals surface area (Å²) in [5.41, 5.74) is 0.396. The maximum atomic E-state index is 12.8. The Morgan fingerprint density at radius 2 is 1.77 bits per heavy atom. The number of likely N-dealkylation sites (tertiary alicyclic amines) is 1. The zero-order chi connectivity index (χ0) is 20.9. The highest BCUT2D eigenvalue weighted by Crippen LogP contribution is 2.32. The van der Waals surface area contributed by atoms with Crippen molar-refractivity contribution in [2.75, 3.05) is 19.6 Å². The second-order valence-electron chi connectivity index (χ2n) is 8.82. The van der Waals surface area contributed by atoms with Gasteiger partial charge in [0, 0.05) is 36.9 Å². The number of rotatable bonds is 4. The number of nitrogens with zero attached hydrogens (tertiary/aromatic N) is 2. The number of carbonyl (C=O) groups excluding carboxylic acids is 3. The fourth-order valence-corrected chi connectivity index (χ4v) is 5.81. The van der Waals surface area contributed by atoms with Gasteiger partial charge < -0.3 is 15.5 Å². The molecule has 164 valence electrons. The predicted molar refractivity (Wildman–Crippen MR) is 115 cm³/mol. The van der Waals surface area contributed by atoms with Crippen LogP contribution in [0.4, 0.5) is 0 Å². The highest BCUT2D eigenvalue weighted by Gasteiger charge is 2.31. The molecule has 1 atom stereocenters. The molecular formula is C22H32N4O3S. The predicted octanol–water partition coefficient (Wildman–Crippen LogP) is 2.83. The molecule has 8 heteroatoms. The SMILES string of the molecule is O=C(NC1CCCCNC1=O)c1csc(C2CCN(C(=O)C3CCCCC3)CC2)n1.